The molecule has 0 aliphatic heterocycles. The molecule has 0 radical (unpaired) electrons. The van der Waals surface area contributed by atoms with Crippen molar-refractivity contribution < 1.29 is 4.79 Å². The van der Waals surface area contributed by atoms with Gasteiger partial charge >= 0.3 is 0 Å². The first-order valence-corrected chi connectivity index (χ1v) is 6.69. The third kappa shape index (κ3) is 3.58. The maximum absolute atomic E-state index is 11.0. The molecule has 2 aromatic carbocycles. The number of carbonyl (C=O) groups excluding carboxylic acids is 1. The lowest BCUT2D eigenvalue weighted by Crippen LogP contribution is -2.24. The van der Waals surface area contributed by atoms with Gasteiger partial charge in [-0.05, 0) is 29.5 Å². The highest BCUT2D eigenvalue weighted by Gasteiger charge is 2.12. The van der Waals surface area contributed by atoms with Crippen LogP contribution in [-0.2, 0) is 11.2 Å². The summed E-state index contributed by atoms with van der Waals surface area (Å²) >= 11 is 5.89. The molecule has 0 saturated heterocycles. The molecule has 0 heterocycles. The van der Waals surface area contributed by atoms with Gasteiger partial charge in [0.25, 0.3) is 0 Å². The highest BCUT2D eigenvalue weighted by atomic mass is 35.5. The van der Waals surface area contributed by atoms with Crippen molar-refractivity contribution in [2.24, 2.45) is 5.73 Å². The van der Waals surface area contributed by atoms with Crippen molar-refractivity contribution in [3.8, 4) is 11.1 Å². The third-order valence-electron chi connectivity index (χ3n) is 3.08. The zero-order valence-corrected chi connectivity index (χ0v) is 11.3. The summed E-state index contributed by atoms with van der Waals surface area (Å²) in [6.07, 6.45) is 1.29. The van der Waals surface area contributed by atoms with Gasteiger partial charge in [-0.25, -0.2) is 0 Å². The number of alkyl halides is 1. The van der Waals surface area contributed by atoms with Gasteiger partial charge in [0.15, 0.2) is 0 Å². The first kappa shape index (κ1) is 13.6. The van der Waals surface area contributed by atoms with Crippen LogP contribution in [0.2, 0.25) is 0 Å². The lowest BCUT2D eigenvalue weighted by Gasteiger charge is -2.11. The molecule has 98 valence electrons. The van der Waals surface area contributed by atoms with Crippen LogP contribution in [0.1, 0.15) is 12.0 Å². The van der Waals surface area contributed by atoms with Crippen LogP contribution in [0.25, 0.3) is 11.1 Å². The summed E-state index contributed by atoms with van der Waals surface area (Å²) < 4.78 is 0. The summed E-state index contributed by atoms with van der Waals surface area (Å²) in [6, 6.07) is 18.3. The van der Waals surface area contributed by atoms with Gasteiger partial charge in [-0.3, -0.25) is 4.79 Å². The lowest BCUT2D eigenvalue weighted by atomic mass is 9.96. The molecule has 0 aliphatic carbocycles. The number of hydrogen-bond acceptors (Lipinski definition) is 1. The van der Waals surface area contributed by atoms with E-state index in [2.05, 4.69) is 24.3 Å². The molecular formula is C16H16ClNO. The van der Waals surface area contributed by atoms with Crippen LogP contribution in [0.5, 0.6) is 0 Å². The highest BCUT2D eigenvalue weighted by molar-refractivity contribution is 6.30. The van der Waals surface area contributed by atoms with Crippen molar-refractivity contribution in [3.05, 3.63) is 60.2 Å². The van der Waals surface area contributed by atoms with E-state index in [1.165, 1.54) is 16.7 Å². The average molecular weight is 274 g/mol. The van der Waals surface area contributed by atoms with Crippen molar-refractivity contribution in [1.82, 2.24) is 0 Å². The largest absolute Gasteiger partial charge is 0.368 e. The standard InChI is InChI=1S/C16H16ClNO/c17-15(16(18)19)11-10-13-8-4-5-9-14(13)12-6-2-1-3-7-12/h1-9,15H,10-11H2,(H2,18,19). The van der Waals surface area contributed by atoms with Crippen molar-refractivity contribution in [2.75, 3.05) is 0 Å². The molecule has 2 N–H and O–H groups in total. The molecule has 1 amide bonds. The van der Waals surface area contributed by atoms with Crippen molar-refractivity contribution in [1.29, 1.82) is 0 Å². The second kappa shape index (κ2) is 6.39. The highest BCUT2D eigenvalue weighted by Crippen LogP contribution is 2.25. The fraction of sp³-hybridized carbons (Fsp3) is 0.188. The van der Waals surface area contributed by atoms with Crippen LogP contribution in [-0.4, -0.2) is 11.3 Å². The molecule has 2 nitrogen and oxygen atoms in total. The fourth-order valence-corrected chi connectivity index (χ4v) is 2.17. The quantitative estimate of drug-likeness (QED) is 0.834. The lowest BCUT2D eigenvalue weighted by molar-refractivity contribution is -0.117. The minimum Gasteiger partial charge on any atom is -0.368 e. The maximum Gasteiger partial charge on any atom is 0.235 e. The number of halogens is 1. The van der Waals surface area contributed by atoms with Crippen molar-refractivity contribution >= 4 is 17.5 Å². The molecule has 1 unspecified atom stereocenters. The molecule has 2 rings (SSSR count). The zero-order valence-electron chi connectivity index (χ0n) is 10.6. The van der Waals surface area contributed by atoms with Crippen molar-refractivity contribution in [2.45, 2.75) is 18.2 Å². The van der Waals surface area contributed by atoms with E-state index >= 15 is 0 Å². The van der Waals surface area contributed by atoms with Crippen molar-refractivity contribution in [3.63, 3.8) is 0 Å². The molecule has 0 aliphatic rings. The van der Waals surface area contributed by atoms with E-state index in [9.17, 15) is 4.79 Å². The predicted molar refractivity (Wildman–Crippen MR) is 79.0 cm³/mol. The minimum atomic E-state index is -0.608. The molecule has 19 heavy (non-hydrogen) atoms. The number of aryl methyl sites for hydroxylation is 1. The second-order valence-corrected chi connectivity index (χ2v) is 4.96. The average Bonchev–Trinajstić information content (AvgIpc) is 2.46. The molecule has 0 aromatic heterocycles. The summed E-state index contributed by atoms with van der Waals surface area (Å²) in [7, 11) is 0. The number of rotatable bonds is 5. The number of nitrogens with two attached hydrogens (primary N) is 1. The van der Waals surface area contributed by atoms with Gasteiger partial charge in [-0.15, -0.1) is 11.6 Å². The first-order chi connectivity index (χ1) is 9.18. The Bertz CT molecular complexity index is 554. The predicted octanol–water partition coefficient (Wildman–Crippen LogP) is 3.38. The van der Waals surface area contributed by atoms with E-state index in [0.717, 1.165) is 6.42 Å². The van der Waals surface area contributed by atoms with Crippen LogP contribution < -0.4 is 5.73 Å². The molecule has 2 aromatic rings. The number of primary amides is 1. The minimum absolute atomic E-state index is 0.459. The molecule has 0 saturated carbocycles. The summed E-state index contributed by atoms with van der Waals surface area (Å²) in [5, 5.41) is -0.608. The summed E-state index contributed by atoms with van der Waals surface area (Å²) in [5.74, 6) is -0.459. The smallest absolute Gasteiger partial charge is 0.235 e. The molecular weight excluding hydrogens is 258 g/mol. The Morgan fingerprint density at radius 3 is 2.37 bits per heavy atom. The fourth-order valence-electron chi connectivity index (χ4n) is 2.06. The van der Waals surface area contributed by atoms with Gasteiger partial charge in [-0.2, -0.15) is 0 Å². The van der Waals surface area contributed by atoms with E-state index in [0.29, 0.717) is 6.42 Å². The molecule has 1 atom stereocenters. The van der Waals surface area contributed by atoms with E-state index in [4.69, 9.17) is 17.3 Å². The van der Waals surface area contributed by atoms with Crippen LogP contribution in [0, 0.1) is 0 Å². The van der Waals surface area contributed by atoms with E-state index in [-0.39, 0.29) is 0 Å². The van der Waals surface area contributed by atoms with Gasteiger partial charge in [0, 0.05) is 0 Å². The zero-order chi connectivity index (χ0) is 13.7. The van der Waals surface area contributed by atoms with E-state index in [1.807, 2.05) is 30.3 Å². The van der Waals surface area contributed by atoms with Crippen LogP contribution >= 0.6 is 11.6 Å². The molecule has 0 spiro atoms. The topological polar surface area (TPSA) is 43.1 Å². The van der Waals surface area contributed by atoms with Gasteiger partial charge in [0.2, 0.25) is 5.91 Å². The Kier molecular flexibility index (Phi) is 4.58. The number of hydrogen-bond donors (Lipinski definition) is 1. The summed E-state index contributed by atoms with van der Waals surface area (Å²) in [6.45, 7) is 0. The van der Waals surface area contributed by atoms with Gasteiger partial charge < -0.3 is 5.73 Å². The number of amides is 1. The Labute approximate surface area is 118 Å². The van der Waals surface area contributed by atoms with E-state index < -0.39 is 11.3 Å². The Balaban J connectivity index is 2.20. The molecule has 0 bridgehead atoms. The first-order valence-electron chi connectivity index (χ1n) is 6.25. The Morgan fingerprint density at radius 2 is 1.68 bits per heavy atom. The van der Waals surface area contributed by atoms with Crippen LogP contribution in [0.4, 0.5) is 0 Å². The Hall–Kier alpha value is -1.80. The van der Waals surface area contributed by atoms with E-state index in [1.54, 1.807) is 0 Å². The second-order valence-electron chi connectivity index (χ2n) is 4.43. The SMILES string of the molecule is NC(=O)C(Cl)CCc1ccccc1-c1ccccc1. The monoisotopic (exact) mass is 273 g/mol. The van der Waals surface area contributed by atoms with Gasteiger partial charge in [0.1, 0.15) is 5.38 Å². The Morgan fingerprint density at radius 1 is 1.05 bits per heavy atom. The van der Waals surface area contributed by atoms with Crippen LogP contribution in [0.3, 0.4) is 0 Å². The van der Waals surface area contributed by atoms with Crippen LogP contribution in [0.15, 0.2) is 54.6 Å². The van der Waals surface area contributed by atoms with Gasteiger partial charge in [0.05, 0.1) is 0 Å². The molecule has 3 heteroatoms. The number of benzene rings is 2. The summed E-state index contributed by atoms with van der Waals surface area (Å²) in [4.78, 5) is 11.0. The maximum atomic E-state index is 11.0. The van der Waals surface area contributed by atoms with Gasteiger partial charge in [-0.1, -0.05) is 54.6 Å². The third-order valence-corrected chi connectivity index (χ3v) is 3.51. The number of carbonyl (C=O) groups is 1. The normalized spacial score (nSPS) is 12.1. The summed E-state index contributed by atoms with van der Waals surface area (Å²) in [5.41, 5.74) is 8.71. The molecule has 0 fully saturated rings.